The normalized spacial score (nSPS) is 11.8. The highest BCUT2D eigenvalue weighted by molar-refractivity contribution is 7.91. The summed E-state index contributed by atoms with van der Waals surface area (Å²) in [5.41, 5.74) is 0.756. The van der Waals surface area contributed by atoms with E-state index in [0.29, 0.717) is 10.8 Å². The molecule has 0 atom stereocenters. The lowest BCUT2D eigenvalue weighted by atomic mass is 10.2. The van der Waals surface area contributed by atoms with E-state index in [4.69, 9.17) is 27.9 Å². The number of hydrogen-bond donors (Lipinski definition) is 0. The first kappa shape index (κ1) is 15.6. The maximum Gasteiger partial charge on any atom is 0.155 e. The van der Waals surface area contributed by atoms with E-state index in [1.54, 1.807) is 32.0 Å². The molecule has 0 saturated heterocycles. The quantitative estimate of drug-likeness (QED) is 0.757. The van der Waals surface area contributed by atoms with Crippen LogP contribution in [0.25, 0.3) is 0 Å². The van der Waals surface area contributed by atoms with Crippen molar-refractivity contribution in [3.05, 3.63) is 28.8 Å². The summed E-state index contributed by atoms with van der Waals surface area (Å²) in [6.45, 7) is 3.37. The van der Waals surface area contributed by atoms with Crippen LogP contribution in [0.4, 0.5) is 0 Å². The Morgan fingerprint density at radius 1 is 1.33 bits per heavy atom. The van der Waals surface area contributed by atoms with Gasteiger partial charge in [0.1, 0.15) is 12.4 Å². The monoisotopic (exact) mass is 310 g/mol. The van der Waals surface area contributed by atoms with Gasteiger partial charge in [0.15, 0.2) is 9.84 Å². The summed E-state index contributed by atoms with van der Waals surface area (Å²) in [6, 6.07) is 5.26. The first-order chi connectivity index (χ1) is 8.38. The van der Waals surface area contributed by atoms with Gasteiger partial charge in [-0.05, 0) is 19.9 Å². The zero-order valence-electron chi connectivity index (χ0n) is 10.3. The van der Waals surface area contributed by atoms with Crippen LogP contribution in [-0.4, -0.2) is 26.0 Å². The highest BCUT2D eigenvalue weighted by Crippen LogP contribution is 2.29. The molecular weight excluding hydrogens is 295 g/mol. The average molecular weight is 311 g/mol. The molecule has 0 N–H and O–H groups in total. The van der Waals surface area contributed by atoms with Crippen molar-refractivity contribution < 1.29 is 13.2 Å². The fourth-order valence-electron chi connectivity index (χ4n) is 1.32. The molecule has 0 fully saturated rings. The zero-order chi connectivity index (χ0) is 13.8. The molecule has 0 aliphatic carbocycles. The van der Waals surface area contributed by atoms with Crippen LogP contribution in [0, 0.1) is 0 Å². The lowest BCUT2D eigenvalue weighted by molar-refractivity contribution is 0.338. The fourth-order valence-corrected chi connectivity index (χ4v) is 2.56. The van der Waals surface area contributed by atoms with E-state index in [0.717, 1.165) is 5.56 Å². The SMILES string of the molecule is CC(C)S(=O)(=O)CCOc1c(Cl)cccc1CCl. The van der Waals surface area contributed by atoms with Crippen LogP contribution in [0.2, 0.25) is 5.02 Å². The van der Waals surface area contributed by atoms with Crippen LogP contribution in [-0.2, 0) is 15.7 Å². The molecule has 6 heteroatoms. The number of ether oxygens (including phenoxy) is 1. The number of sulfone groups is 1. The molecular formula is C12H16Cl2O3S. The van der Waals surface area contributed by atoms with Crippen molar-refractivity contribution in [2.75, 3.05) is 12.4 Å². The summed E-state index contributed by atoms with van der Waals surface area (Å²) in [6.07, 6.45) is 0. The standard InChI is InChI=1S/C12H16Cl2O3S/c1-9(2)18(15,16)7-6-17-12-10(8-13)4-3-5-11(12)14/h3-5,9H,6-8H2,1-2H3. The van der Waals surface area contributed by atoms with E-state index in [-0.39, 0.29) is 18.2 Å². The van der Waals surface area contributed by atoms with Crippen LogP contribution in [0.3, 0.4) is 0 Å². The van der Waals surface area contributed by atoms with Crippen LogP contribution >= 0.6 is 23.2 Å². The van der Waals surface area contributed by atoms with Crippen LogP contribution in [0.15, 0.2) is 18.2 Å². The van der Waals surface area contributed by atoms with Gasteiger partial charge in [-0.3, -0.25) is 0 Å². The van der Waals surface area contributed by atoms with Gasteiger partial charge in [0.25, 0.3) is 0 Å². The van der Waals surface area contributed by atoms with Gasteiger partial charge in [-0.25, -0.2) is 8.42 Å². The largest absolute Gasteiger partial charge is 0.491 e. The number of hydrogen-bond acceptors (Lipinski definition) is 3. The van der Waals surface area contributed by atoms with Crippen molar-refractivity contribution in [3.8, 4) is 5.75 Å². The third kappa shape index (κ3) is 4.04. The van der Waals surface area contributed by atoms with Crippen molar-refractivity contribution >= 4 is 33.0 Å². The van der Waals surface area contributed by atoms with Crippen molar-refractivity contribution in [1.82, 2.24) is 0 Å². The Balaban J connectivity index is 2.70. The second-order valence-electron chi connectivity index (χ2n) is 4.13. The molecule has 0 aliphatic heterocycles. The predicted octanol–water partition coefficient (Wildman–Crippen LogP) is 3.28. The Kier molecular flexibility index (Phi) is 5.76. The minimum atomic E-state index is -3.10. The van der Waals surface area contributed by atoms with E-state index in [9.17, 15) is 8.42 Å². The molecule has 102 valence electrons. The molecule has 0 aromatic heterocycles. The van der Waals surface area contributed by atoms with Gasteiger partial charge >= 0.3 is 0 Å². The molecule has 0 spiro atoms. The van der Waals surface area contributed by atoms with Crippen LogP contribution < -0.4 is 4.74 Å². The molecule has 0 heterocycles. The predicted molar refractivity (Wildman–Crippen MR) is 75.4 cm³/mol. The summed E-state index contributed by atoms with van der Waals surface area (Å²) in [5, 5.41) is 0.0370. The smallest absolute Gasteiger partial charge is 0.155 e. The molecule has 18 heavy (non-hydrogen) atoms. The zero-order valence-corrected chi connectivity index (χ0v) is 12.6. The van der Waals surface area contributed by atoms with Crippen molar-refractivity contribution in [1.29, 1.82) is 0 Å². The molecule has 0 aliphatic rings. The highest BCUT2D eigenvalue weighted by Gasteiger charge is 2.16. The lowest BCUT2D eigenvalue weighted by Gasteiger charge is -2.12. The third-order valence-corrected chi connectivity index (χ3v) is 5.28. The minimum absolute atomic E-state index is 0.0301. The van der Waals surface area contributed by atoms with E-state index < -0.39 is 15.1 Å². The fraction of sp³-hybridized carbons (Fsp3) is 0.500. The van der Waals surface area contributed by atoms with Crippen LogP contribution in [0.1, 0.15) is 19.4 Å². The maximum absolute atomic E-state index is 11.6. The Morgan fingerprint density at radius 2 is 2.00 bits per heavy atom. The molecule has 0 saturated carbocycles. The summed E-state index contributed by atoms with van der Waals surface area (Å²) in [7, 11) is -3.10. The first-order valence-corrected chi connectivity index (χ1v) is 8.19. The number of benzene rings is 1. The van der Waals surface area contributed by atoms with Gasteiger partial charge in [0.05, 0.1) is 21.9 Å². The number of alkyl halides is 1. The third-order valence-electron chi connectivity index (χ3n) is 2.52. The van der Waals surface area contributed by atoms with Gasteiger partial charge in [-0.2, -0.15) is 0 Å². The van der Waals surface area contributed by atoms with Crippen molar-refractivity contribution in [3.63, 3.8) is 0 Å². The topological polar surface area (TPSA) is 43.4 Å². The lowest BCUT2D eigenvalue weighted by Crippen LogP contribution is -2.22. The van der Waals surface area contributed by atoms with E-state index in [1.807, 2.05) is 0 Å². The van der Waals surface area contributed by atoms with E-state index in [2.05, 4.69) is 0 Å². The summed E-state index contributed by atoms with van der Waals surface area (Å²) < 4.78 is 28.7. The Labute approximate surface area is 118 Å². The Hall–Kier alpha value is -0.450. The molecule has 1 aromatic carbocycles. The van der Waals surface area contributed by atoms with Crippen LogP contribution in [0.5, 0.6) is 5.75 Å². The highest BCUT2D eigenvalue weighted by atomic mass is 35.5. The molecule has 0 amide bonds. The second kappa shape index (κ2) is 6.64. The van der Waals surface area contributed by atoms with Gasteiger partial charge in [-0.15, -0.1) is 11.6 Å². The molecule has 1 aromatic rings. The molecule has 0 bridgehead atoms. The minimum Gasteiger partial charge on any atom is -0.491 e. The van der Waals surface area contributed by atoms with Crippen molar-refractivity contribution in [2.24, 2.45) is 0 Å². The van der Waals surface area contributed by atoms with Crippen molar-refractivity contribution in [2.45, 2.75) is 25.0 Å². The second-order valence-corrected chi connectivity index (χ2v) is 7.48. The number of rotatable bonds is 6. The summed E-state index contributed by atoms with van der Waals surface area (Å²) in [5.74, 6) is 0.706. The molecule has 0 radical (unpaired) electrons. The Bertz CT molecular complexity index is 498. The van der Waals surface area contributed by atoms with Gasteiger partial charge in [-0.1, -0.05) is 23.7 Å². The van der Waals surface area contributed by atoms with E-state index >= 15 is 0 Å². The average Bonchev–Trinajstić information content (AvgIpc) is 2.30. The first-order valence-electron chi connectivity index (χ1n) is 5.56. The molecule has 3 nitrogen and oxygen atoms in total. The van der Waals surface area contributed by atoms with Gasteiger partial charge < -0.3 is 4.74 Å². The van der Waals surface area contributed by atoms with E-state index in [1.165, 1.54) is 0 Å². The molecule has 0 unspecified atom stereocenters. The van der Waals surface area contributed by atoms with Gasteiger partial charge in [0.2, 0.25) is 0 Å². The summed E-state index contributed by atoms with van der Waals surface area (Å²) in [4.78, 5) is 0. The maximum atomic E-state index is 11.6. The number of halogens is 2. The van der Waals surface area contributed by atoms with Gasteiger partial charge in [0, 0.05) is 5.56 Å². The Morgan fingerprint density at radius 3 is 2.56 bits per heavy atom. The summed E-state index contributed by atoms with van der Waals surface area (Å²) >= 11 is 11.8. The molecule has 1 rings (SSSR count). The number of para-hydroxylation sites is 1.